The summed E-state index contributed by atoms with van der Waals surface area (Å²) in [6.45, 7) is 6.41. The van der Waals surface area contributed by atoms with Crippen LogP contribution >= 0.6 is 0 Å². The molecular weight excluding hydrogens is 359 g/mol. The molecule has 0 aliphatic rings. The van der Waals surface area contributed by atoms with Gasteiger partial charge in [0.25, 0.3) is 0 Å². The van der Waals surface area contributed by atoms with Crippen LogP contribution in [0.4, 0.5) is 0 Å². The fraction of sp³-hybridized carbons (Fsp3) is 0.120. The van der Waals surface area contributed by atoms with Crippen LogP contribution in [-0.2, 0) is 0 Å². The fourth-order valence-electron chi connectivity index (χ4n) is 4.60. The van der Waals surface area contributed by atoms with E-state index in [9.17, 15) is 5.02 Å². The number of furan rings is 1. The van der Waals surface area contributed by atoms with Gasteiger partial charge in [-0.2, -0.15) is 0 Å². The number of rotatable bonds is 3. The summed E-state index contributed by atoms with van der Waals surface area (Å²) >= 11 is 0. The van der Waals surface area contributed by atoms with Gasteiger partial charge in [0.2, 0.25) is 0 Å². The Morgan fingerprint density at radius 2 is 1.55 bits per heavy atom. The zero-order valence-electron chi connectivity index (χ0n) is 16.7. The van der Waals surface area contributed by atoms with E-state index in [1.165, 1.54) is 22.3 Å². The van der Waals surface area contributed by atoms with E-state index in [1.807, 2.05) is 18.2 Å². The zero-order chi connectivity index (χ0) is 20.1. The smallest absolute Gasteiger partial charge is 0.504 e. The van der Waals surface area contributed by atoms with Crippen LogP contribution in [0.1, 0.15) is 16.7 Å². The molecule has 4 aromatic carbocycles. The van der Waals surface area contributed by atoms with Crippen molar-refractivity contribution in [3.8, 4) is 16.9 Å². The van der Waals surface area contributed by atoms with Gasteiger partial charge >= 0.3 is 7.69 Å². The first kappa shape index (κ1) is 17.8. The van der Waals surface area contributed by atoms with Gasteiger partial charge in [0.1, 0.15) is 11.3 Å². The Kier molecular flexibility index (Phi) is 4.11. The molecule has 0 atom stereocenters. The van der Waals surface area contributed by atoms with Gasteiger partial charge < -0.3 is 14.1 Å². The third-order valence-corrected chi connectivity index (χ3v) is 5.62. The van der Waals surface area contributed by atoms with Crippen molar-refractivity contribution in [1.29, 1.82) is 0 Å². The maximum Gasteiger partial charge on any atom is 0.504 e. The minimum absolute atomic E-state index is 0.395. The molecule has 1 heterocycles. The summed E-state index contributed by atoms with van der Waals surface area (Å²) in [7, 11) is -0.395. The monoisotopic (exact) mass is 380 g/mol. The molecule has 29 heavy (non-hydrogen) atoms. The van der Waals surface area contributed by atoms with Crippen molar-refractivity contribution in [1.82, 2.24) is 0 Å². The van der Waals surface area contributed by atoms with Crippen LogP contribution in [-0.4, -0.2) is 12.7 Å². The third-order valence-electron chi connectivity index (χ3n) is 5.62. The highest BCUT2D eigenvalue weighted by Crippen LogP contribution is 2.44. The van der Waals surface area contributed by atoms with Crippen LogP contribution < -0.4 is 4.65 Å². The number of para-hydroxylation sites is 1. The van der Waals surface area contributed by atoms with Crippen LogP contribution in [0.3, 0.4) is 0 Å². The average Bonchev–Trinajstić information content (AvgIpc) is 3.09. The molecule has 0 amide bonds. The van der Waals surface area contributed by atoms with Gasteiger partial charge in [0.15, 0.2) is 5.58 Å². The van der Waals surface area contributed by atoms with Crippen molar-refractivity contribution in [2.75, 3.05) is 0 Å². The summed E-state index contributed by atoms with van der Waals surface area (Å²) in [5.74, 6) is 0.556. The minimum atomic E-state index is -0.395. The van der Waals surface area contributed by atoms with Crippen LogP contribution in [0, 0.1) is 20.8 Å². The predicted octanol–water partition coefficient (Wildman–Crippen LogP) is 5.97. The minimum Gasteiger partial charge on any atom is -0.536 e. The maximum absolute atomic E-state index is 9.39. The van der Waals surface area contributed by atoms with Crippen molar-refractivity contribution < 1.29 is 14.1 Å². The Hall–Kier alpha value is -3.24. The molecule has 1 aromatic heterocycles. The first-order valence-electron chi connectivity index (χ1n) is 9.77. The van der Waals surface area contributed by atoms with Crippen LogP contribution in [0.5, 0.6) is 5.75 Å². The maximum atomic E-state index is 9.39. The molecule has 5 aromatic rings. The molecule has 4 heteroatoms. The lowest BCUT2D eigenvalue weighted by Crippen LogP contribution is -1.99. The first-order chi connectivity index (χ1) is 14.1. The Bertz CT molecular complexity index is 1380. The van der Waals surface area contributed by atoms with E-state index in [2.05, 4.69) is 63.2 Å². The van der Waals surface area contributed by atoms with E-state index < -0.39 is 7.69 Å². The second kappa shape index (κ2) is 6.68. The standard InChI is InChI=1S/C25H21BO3/c1-14-11-15(2)22(16(3)12-14)19-9-6-10-20-23-18-8-5-4-7-17(18)13-21(29-26-27)25(23)28-24(19)20/h4-13,26-27H,1-3H3. The second-order valence-electron chi connectivity index (χ2n) is 7.63. The molecule has 5 rings (SSSR count). The number of hydrogen-bond donors (Lipinski definition) is 1. The lowest BCUT2D eigenvalue weighted by Gasteiger charge is -2.12. The Balaban J connectivity index is 1.94. The molecule has 0 saturated heterocycles. The van der Waals surface area contributed by atoms with E-state index >= 15 is 0 Å². The second-order valence-corrected chi connectivity index (χ2v) is 7.63. The normalized spacial score (nSPS) is 11.4. The number of aryl methyl sites for hydroxylation is 3. The highest BCUT2D eigenvalue weighted by atomic mass is 16.5. The molecule has 3 nitrogen and oxygen atoms in total. The summed E-state index contributed by atoms with van der Waals surface area (Å²) in [4.78, 5) is 0. The Labute approximate surface area is 169 Å². The highest BCUT2D eigenvalue weighted by molar-refractivity contribution is 6.24. The molecule has 142 valence electrons. The lowest BCUT2D eigenvalue weighted by molar-refractivity contribution is 0.451. The van der Waals surface area contributed by atoms with Crippen molar-refractivity contribution in [2.45, 2.75) is 20.8 Å². The quantitative estimate of drug-likeness (QED) is 0.392. The van der Waals surface area contributed by atoms with E-state index in [1.54, 1.807) is 0 Å². The third kappa shape index (κ3) is 2.71. The molecule has 1 N–H and O–H groups in total. The molecule has 0 unspecified atom stereocenters. The van der Waals surface area contributed by atoms with Gasteiger partial charge in [-0.3, -0.25) is 0 Å². The molecule has 0 radical (unpaired) electrons. The molecule has 0 aliphatic carbocycles. The van der Waals surface area contributed by atoms with Gasteiger partial charge in [-0.25, -0.2) is 0 Å². The fourth-order valence-corrected chi connectivity index (χ4v) is 4.60. The molecule has 0 saturated carbocycles. The van der Waals surface area contributed by atoms with Gasteiger partial charge in [-0.1, -0.05) is 60.2 Å². The summed E-state index contributed by atoms with van der Waals surface area (Å²) < 4.78 is 12.0. The predicted molar refractivity (Wildman–Crippen MR) is 121 cm³/mol. The Morgan fingerprint density at radius 1 is 0.828 bits per heavy atom. The molecule has 0 fully saturated rings. The van der Waals surface area contributed by atoms with Gasteiger partial charge in [0.05, 0.1) is 0 Å². The number of fused-ring (bicyclic) bond motifs is 5. The first-order valence-corrected chi connectivity index (χ1v) is 9.77. The topological polar surface area (TPSA) is 42.6 Å². The van der Waals surface area contributed by atoms with Gasteiger partial charge in [-0.15, -0.1) is 0 Å². The molecule has 0 bridgehead atoms. The van der Waals surface area contributed by atoms with Gasteiger partial charge in [-0.05, 0) is 54.3 Å². The molecular formula is C25H21BO3. The van der Waals surface area contributed by atoms with Crippen LogP contribution in [0.2, 0.25) is 0 Å². The van der Waals surface area contributed by atoms with Crippen molar-refractivity contribution in [3.05, 3.63) is 77.4 Å². The SMILES string of the molecule is Cc1cc(C)c(-c2cccc3c2oc2c(OBO)cc4ccccc4c23)c(C)c1. The summed E-state index contributed by atoms with van der Waals surface area (Å²) in [5.41, 5.74) is 7.51. The van der Waals surface area contributed by atoms with Crippen molar-refractivity contribution >= 4 is 40.4 Å². The van der Waals surface area contributed by atoms with Crippen molar-refractivity contribution in [2.24, 2.45) is 0 Å². The molecule has 0 aliphatic heterocycles. The lowest BCUT2D eigenvalue weighted by atomic mass is 9.92. The van der Waals surface area contributed by atoms with E-state index in [-0.39, 0.29) is 0 Å². The summed E-state index contributed by atoms with van der Waals surface area (Å²) in [6, 6.07) is 20.8. The van der Waals surface area contributed by atoms with Gasteiger partial charge in [0, 0.05) is 16.3 Å². The zero-order valence-corrected chi connectivity index (χ0v) is 16.7. The van der Waals surface area contributed by atoms with Crippen molar-refractivity contribution in [3.63, 3.8) is 0 Å². The van der Waals surface area contributed by atoms with Crippen LogP contribution in [0.15, 0.2) is 65.1 Å². The van der Waals surface area contributed by atoms with E-state index in [0.717, 1.165) is 32.7 Å². The number of hydrogen-bond acceptors (Lipinski definition) is 3. The molecule has 0 spiro atoms. The van der Waals surface area contributed by atoms with E-state index in [0.29, 0.717) is 11.3 Å². The largest absolute Gasteiger partial charge is 0.536 e. The number of benzene rings is 4. The van der Waals surface area contributed by atoms with Crippen LogP contribution in [0.25, 0.3) is 43.8 Å². The highest BCUT2D eigenvalue weighted by Gasteiger charge is 2.19. The summed E-state index contributed by atoms with van der Waals surface area (Å²) in [5, 5.41) is 13.6. The Morgan fingerprint density at radius 3 is 2.31 bits per heavy atom. The van der Waals surface area contributed by atoms with E-state index in [4.69, 9.17) is 9.07 Å². The average molecular weight is 380 g/mol. The summed E-state index contributed by atoms with van der Waals surface area (Å²) in [6.07, 6.45) is 0.